The first-order valence-electron chi connectivity index (χ1n) is 5.75. The fraction of sp³-hybridized carbons (Fsp3) is 0.462. The fourth-order valence-corrected chi connectivity index (χ4v) is 2.39. The standard InChI is InChI=1S/C13H14BrFO2/c14-13-9(4-3-5-10(13)15)8-11(16)12-6-1-2-7-17-12/h3-5,12H,1-2,6-8H2. The molecule has 1 aliphatic rings. The molecule has 1 aromatic rings. The number of ether oxygens (including phenoxy) is 1. The number of carbonyl (C=O) groups excluding carboxylic acids is 1. The second-order valence-corrected chi connectivity index (χ2v) is 5.00. The second kappa shape index (κ2) is 5.74. The summed E-state index contributed by atoms with van der Waals surface area (Å²) in [4.78, 5) is 12.0. The van der Waals surface area contributed by atoms with Gasteiger partial charge < -0.3 is 4.74 Å². The van der Waals surface area contributed by atoms with E-state index in [1.807, 2.05) is 0 Å². The van der Waals surface area contributed by atoms with Crippen molar-refractivity contribution < 1.29 is 13.9 Å². The SMILES string of the molecule is O=C(Cc1cccc(F)c1Br)C1CCCCO1. The molecule has 2 rings (SSSR count). The minimum atomic E-state index is -0.333. The third-order valence-electron chi connectivity index (χ3n) is 2.94. The number of benzene rings is 1. The molecule has 0 radical (unpaired) electrons. The Morgan fingerprint density at radius 1 is 1.47 bits per heavy atom. The highest BCUT2D eigenvalue weighted by Crippen LogP contribution is 2.23. The van der Waals surface area contributed by atoms with Crippen molar-refractivity contribution in [1.29, 1.82) is 0 Å². The van der Waals surface area contributed by atoms with E-state index in [1.54, 1.807) is 12.1 Å². The van der Waals surface area contributed by atoms with Gasteiger partial charge >= 0.3 is 0 Å². The summed E-state index contributed by atoms with van der Waals surface area (Å²) in [6.45, 7) is 0.653. The Morgan fingerprint density at radius 3 is 3.00 bits per heavy atom. The maximum atomic E-state index is 13.3. The Labute approximate surface area is 108 Å². The average Bonchev–Trinajstić information content (AvgIpc) is 2.36. The van der Waals surface area contributed by atoms with Gasteiger partial charge in [-0.05, 0) is 46.8 Å². The number of halogens is 2. The van der Waals surface area contributed by atoms with Crippen molar-refractivity contribution in [3.63, 3.8) is 0 Å². The molecule has 0 saturated carbocycles. The van der Waals surface area contributed by atoms with Crippen LogP contribution >= 0.6 is 15.9 Å². The molecule has 1 heterocycles. The minimum absolute atomic E-state index is 0.0380. The van der Waals surface area contributed by atoms with Crippen LogP contribution < -0.4 is 0 Å². The van der Waals surface area contributed by atoms with E-state index in [0.29, 0.717) is 16.6 Å². The summed E-state index contributed by atoms with van der Waals surface area (Å²) in [5.41, 5.74) is 0.684. The average molecular weight is 301 g/mol. The Balaban J connectivity index is 2.04. The number of hydrogen-bond donors (Lipinski definition) is 0. The number of rotatable bonds is 3. The van der Waals surface area contributed by atoms with Gasteiger partial charge in [-0.2, -0.15) is 0 Å². The molecule has 17 heavy (non-hydrogen) atoms. The summed E-state index contributed by atoms with van der Waals surface area (Å²) in [5.74, 6) is -0.295. The largest absolute Gasteiger partial charge is 0.370 e. The first-order valence-corrected chi connectivity index (χ1v) is 6.55. The lowest BCUT2D eigenvalue weighted by Crippen LogP contribution is -2.29. The predicted octanol–water partition coefficient (Wildman–Crippen LogP) is 3.27. The van der Waals surface area contributed by atoms with Crippen molar-refractivity contribution in [1.82, 2.24) is 0 Å². The minimum Gasteiger partial charge on any atom is -0.370 e. The first-order chi connectivity index (χ1) is 8.18. The first kappa shape index (κ1) is 12.7. The van der Waals surface area contributed by atoms with Crippen LogP contribution in [0.2, 0.25) is 0 Å². The molecule has 0 bridgehead atoms. The number of hydrogen-bond acceptors (Lipinski definition) is 2. The Morgan fingerprint density at radius 2 is 2.29 bits per heavy atom. The highest BCUT2D eigenvalue weighted by Gasteiger charge is 2.22. The highest BCUT2D eigenvalue weighted by atomic mass is 79.9. The number of carbonyl (C=O) groups is 1. The van der Waals surface area contributed by atoms with Gasteiger partial charge in [0.2, 0.25) is 0 Å². The number of ketones is 1. The van der Waals surface area contributed by atoms with Crippen LogP contribution in [0.5, 0.6) is 0 Å². The zero-order valence-corrected chi connectivity index (χ0v) is 11.0. The van der Waals surface area contributed by atoms with Crippen molar-refractivity contribution in [2.75, 3.05) is 6.61 Å². The Bertz CT molecular complexity index is 414. The van der Waals surface area contributed by atoms with E-state index in [0.717, 1.165) is 19.3 Å². The lowest BCUT2D eigenvalue weighted by atomic mass is 10.00. The van der Waals surface area contributed by atoms with Crippen molar-refractivity contribution >= 4 is 21.7 Å². The van der Waals surface area contributed by atoms with E-state index >= 15 is 0 Å². The molecule has 0 aliphatic carbocycles. The summed E-state index contributed by atoms with van der Waals surface area (Å²) in [5, 5.41) is 0. The van der Waals surface area contributed by atoms with Crippen LogP contribution in [0.1, 0.15) is 24.8 Å². The van der Waals surface area contributed by atoms with Gasteiger partial charge in [0.1, 0.15) is 11.9 Å². The van der Waals surface area contributed by atoms with Crippen LogP contribution in [0.25, 0.3) is 0 Å². The van der Waals surface area contributed by atoms with Crippen molar-refractivity contribution in [3.8, 4) is 0 Å². The van der Waals surface area contributed by atoms with Crippen LogP contribution in [0.4, 0.5) is 4.39 Å². The van der Waals surface area contributed by atoms with E-state index in [2.05, 4.69) is 15.9 Å². The molecule has 1 fully saturated rings. The highest BCUT2D eigenvalue weighted by molar-refractivity contribution is 9.10. The molecule has 92 valence electrons. The molecule has 1 aromatic carbocycles. The molecular weight excluding hydrogens is 287 g/mol. The van der Waals surface area contributed by atoms with Gasteiger partial charge in [-0.1, -0.05) is 12.1 Å². The maximum Gasteiger partial charge on any atom is 0.165 e. The van der Waals surface area contributed by atoms with Crippen LogP contribution in [-0.2, 0) is 16.0 Å². The van der Waals surface area contributed by atoms with Crippen molar-refractivity contribution in [2.24, 2.45) is 0 Å². The summed E-state index contributed by atoms with van der Waals surface area (Å²) in [7, 11) is 0. The van der Waals surface area contributed by atoms with Crippen LogP contribution in [0, 0.1) is 5.82 Å². The van der Waals surface area contributed by atoms with E-state index in [1.165, 1.54) is 6.07 Å². The smallest absolute Gasteiger partial charge is 0.165 e. The maximum absolute atomic E-state index is 13.3. The lowest BCUT2D eigenvalue weighted by molar-refractivity contribution is -0.132. The Hall–Kier alpha value is -0.740. The van der Waals surface area contributed by atoms with Gasteiger partial charge in [0.05, 0.1) is 4.47 Å². The monoisotopic (exact) mass is 300 g/mol. The van der Waals surface area contributed by atoms with Crippen LogP contribution in [0.3, 0.4) is 0 Å². The normalized spacial score (nSPS) is 20.2. The zero-order valence-electron chi connectivity index (χ0n) is 9.42. The molecule has 1 saturated heterocycles. The van der Waals surface area contributed by atoms with Crippen molar-refractivity contribution in [2.45, 2.75) is 31.8 Å². The molecule has 0 amide bonds. The van der Waals surface area contributed by atoms with Crippen LogP contribution in [-0.4, -0.2) is 18.5 Å². The molecule has 0 N–H and O–H groups in total. The second-order valence-electron chi connectivity index (χ2n) is 4.21. The fourth-order valence-electron chi connectivity index (χ4n) is 1.98. The molecule has 1 atom stereocenters. The van der Waals surface area contributed by atoms with Gasteiger partial charge in [0.25, 0.3) is 0 Å². The van der Waals surface area contributed by atoms with Gasteiger partial charge in [-0.3, -0.25) is 4.79 Å². The molecule has 1 aliphatic heterocycles. The Kier molecular flexibility index (Phi) is 4.29. The molecule has 0 spiro atoms. The third-order valence-corrected chi connectivity index (χ3v) is 3.82. The van der Waals surface area contributed by atoms with Gasteiger partial charge in [-0.25, -0.2) is 4.39 Å². The molecule has 1 unspecified atom stereocenters. The summed E-state index contributed by atoms with van der Waals surface area (Å²) in [6.07, 6.45) is 2.75. The third kappa shape index (κ3) is 3.13. The number of Topliss-reactive ketones (excluding diaryl/α,β-unsaturated/α-hetero) is 1. The van der Waals surface area contributed by atoms with E-state index in [9.17, 15) is 9.18 Å². The van der Waals surface area contributed by atoms with Gasteiger partial charge in [0.15, 0.2) is 5.78 Å². The van der Waals surface area contributed by atoms with Crippen molar-refractivity contribution in [3.05, 3.63) is 34.1 Å². The summed E-state index contributed by atoms with van der Waals surface area (Å²) >= 11 is 3.16. The molecule has 0 aromatic heterocycles. The lowest BCUT2D eigenvalue weighted by Gasteiger charge is -2.21. The quantitative estimate of drug-likeness (QED) is 0.856. The zero-order chi connectivity index (χ0) is 12.3. The molecular formula is C13H14BrFO2. The van der Waals surface area contributed by atoms with Gasteiger partial charge in [-0.15, -0.1) is 0 Å². The van der Waals surface area contributed by atoms with E-state index in [4.69, 9.17) is 4.74 Å². The summed E-state index contributed by atoms with van der Waals surface area (Å²) in [6, 6.07) is 4.74. The molecule has 2 nitrogen and oxygen atoms in total. The summed E-state index contributed by atoms with van der Waals surface area (Å²) < 4.78 is 19.1. The van der Waals surface area contributed by atoms with E-state index < -0.39 is 0 Å². The topological polar surface area (TPSA) is 26.3 Å². The predicted molar refractivity (Wildman–Crippen MR) is 66.4 cm³/mol. The molecule has 4 heteroatoms. The van der Waals surface area contributed by atoms with E-state index in [-0.39, 0.29) is 24.1 Å². The van der Waals surface area contributed by atoms with Gasteiger partial charge in [0, 0.05) is 13.0 Å². The van der Waals surface area contributed by atoms with Crippen LogP contribution in [0.15, 0.2) is 22.7 Å².